The largest absolute Gasteiger partial charge is 0.492 e. The Morgan fingerprint density at radius 2 is 2.06 bits per heavy atom. The summed E-state index contributed by atoms with van der Waals surface area (Å²) in [6, 6.07) is 4.02. The van der Waals surface area contributed by atoms with Gasteiger partial charge in [0.2, 0.25) is 0 Å². The Labute approximate surface area is 107 Å². The van der Waals surface area contributed by atoms with Crippen LogP contribution >= 0.6 is 0 Å². The molecule has 0 aliphatic carbocycles. The number of aldehydes is 1. The number of carbonyl (C=O) groups is 1. The third-order valence-electron chi connectivity index (χ3n) is 3.21. The molecule has 4 heteroatoms. The average Bonchev–Trinajstić information content (AvgIpc) is 2.41. The van der Waals surface area contributed by atoms with Crippen molar-refractivity contribution < 1.29 is 13.9 Å². The van der Waals surface area contributed by atoms with Crippen LogP contribution in [0.25, 0.3) is 0 Å². The topological polar surface area (TPSA) is 29.5 Å². The molecule has 1 fully saturated rings. The van der Waals surface area contributed by atoms with Crippen molar-refractivity contribution in [2.24, 2.45) is 0 Å². The highest BCUT2D eigenvalue weighted by Gasteiger charge is 2.10. The van der Waals surface area contributed by atoms with Gasteiger partial charge in [-0.1, -0.05) is 6.42 Å². The van der Waals surface area contributed by atoms with Gasteiger partial charge in [0.05, 0.1) is 5.56 Å². The van der Waals surface area contributed by atoms with Crippen molar-refractivity contribution in [2.75, 3.05) is 26.2 Å². The van der Waals surface area contributed by atoms with Crippen LogP contribution in [0.4, 0.5) is 4.39 Å². The number of carbonyl (C=O) groups excluding carboxylic acids is 1. The van der Waals surface area contributed by atoms with E-state index < -0.39 is 5.82 Å². The minimum absolute atomic E-state index is 0.272. The second kappa shape index (κ2) is 6.50. The molecule has 1 aliphatic heterocycles. The number of hydrogen-bond acceptors (Lipinski definition) is 3. The Kier molecular flexibility index (Phi) is 4.70. The highest BCUT2D eigenvalue weighted by atomic mass is 19.1. The molecule has 1 aromatic carbocycles. The number of likely N-dealkylation sites (tertiary alicyclic amines) is 1. The molecule has 0 saturated carbocycles. The van der Waals surface area contributed by atoms with Gasteiger partial charge in [-0.2, -0.15) is 0 Å². The van der Waals surface area contributed by atoms with E-state index in [1.54, 1.807) is 0 Å². The number of nitrogens with zero attached hydrogens (tertiary/aromatic N) is 1. The van der Waals surface area contributed by atoms with E-state index in [1.807, 2.05) is 0 Å². The van der Waals surface area contributed by atoms with Gasteiger partial charge in [0.25, 0.3) is 0 Å². The monoisotopic (exact) mass is 251 g/mol. The minimum Gasteiger partial charge on any atom is -0.492 e. The van der Waals surface area contributed by atoms with Crippen LogP contribution in [0, 0.1) is 5.82 Å². The Balaban J connectivity index is 1.84. The zero-order valence-electron chi connectivity index (χ0n) is 10.4. The Morgan fingerprint density at radius 3 is 2.78 bits per heavy atom. The lowest BCUT2D eigenvalue weighted by Gasteiger charge is -2.26. The molecule has 18 heavy (non-hydrogen) atoms. The Hall–Kier alpha value is -1.42. The smallest absolute Gasteiger partial charge is 0.153 e. The van der Waals surface area contributed by atoms with Gasteiger partial charge in [-0.05, 0) is 44.1 Å². The molecule has 0 radical (unpaired) electrons. The normalized spacial score (nSPS) is 16.5. The summed E-state index contributed by atoms with van der Waals surface area (Å²) in [5, 5.41) is 0. The van der Waals surface area contributed by atoms with E-state index in [4.69, 9.17) is 4.74 Å². The lowest BCUT2D eigenvalue weighted by atomic mass is 10.1. The van der Waals surface area contributed by atoms with Crippen molar-refractivity contribution >= 4 is 6.29 Å². The van der Waals surface area contributed by atoms with Crippen LogP contribution in [-0.2, 0) is 0 Å². The third-order valence-corrected chi connectivity index (χ3v) is 3.21. The summed E-state index contributed by atoms with van der Waals surface area (Å²) in [6.45, 7) is 3.63. The van der Waals surface area contributed by atoms with Crippen molar-refractivity contribution in [2.45, 2.75) is 19.3 Å². The molecular weight excluding hydrogens is 233 g/mol. The number of benzene rings is 1. The van der Waals surface area contributed by atoms with Crippen molar-refractivity contribution in [1.82, 2.24) is 4.90 Å². The van der Waals surface area contributed by atoms with Crippen LogP contribution in [0.2, 0.25) is 0 Å². The quantitative estimate of drug-likeness (QED) is 0.753. The summed E-state index contributed by atoms with van der Waals surface area (Å²) in [7, 11) is 0. The van der Waals surface area contributed by atoms with Crippen LogP contribution in [0.5, 0.6) is 5.75 Å². The number of hydrogen-bond donors (Lipinski definition) is 0. The van der Waals surface area contributed by atoms with Crippen molar-refractivity contribution in [3.63, 3.8) is 0 Å². The highest BCUT2D eigenvalue weighted by Crippen LogP contribution is 2.18. The van der Waals surface area contributed by atoms with Crippen molar-refractivity contribution in [1.29, 1.82) is 0 Å². The van der Waals surface area contributed by atoms with E-state index in [0.717, 1.165) is 19.6 Å². The lowest BCUT2D eigenvalue weighted by molar-refractivity contribution is 0.111. The van der Waals surface area contributed by atoms with Gasteiger partial charge < -0.3 is 4.74 Å². The van der Waals surface area contributed by atoms with Crippen LogP contribution in [0.3, 0.4) is 0 Å². The predicted molar refractivity (Wildman–Crippen MR) is 67.6 cm³/mol. The molecule has 98 valence electrons. The molecule has 1 saturated heterocycles. The molecule has 1 aromatic rings. The fourth-order valence-electron chi connectivity index (χ4n) is 2.21. The number of ether oxygens (including phenoxy) is 1. The van der Waals surface area contributed by atoms with Gasteiger partial charge in [-0.15, -0.1) is 0 Å². The van der Waals surface area contributed by atoms with E-state index >= 15 is 0 Å². The summed E-state index contributed by atoms with van der Waals surface area (Å²) >= 11 is 0. The first-order chi connectivity index (χ1) is 8.79. The molecule has 0 unspecified atom stereocenters. The maximum atomic E-state index is 12.9. The van der Waals surface area contributed by atoms with E-state index in [1.165, 1.54) is 37.5 Å². The minimum atomic E-state index is -0.416. The first-order valence-corrected chi connectivity index (χ1v) is 6.39. The molecule has 0 amide bonds. The molecule has 0 aromatic heterocycles. The van der Waals surface area contributed by atoms with Gasteiger partial charge >= 0.3 is 0 Å². The summed E-state index contributed by atoms with van der Waals surface area (Å²) in [6.07, 6.45) is 4.43. The molecular formula is C14H18FNO2. The van der Waals surface area contributed by atoms with Crippen LogP contribution in [0.15, 0.2) is 18.2 Å². The summed E-state index contributed by atoms with van der Waals surface area (Å²) < 4.78 is 18.5. The number of piperidine rings is 1. The molecule has 0 bridgehead atoms. The highest BCUT2D eigenvalue weighted by molar-refractivity contribution is 5.79. The van der Waals surface area contributed by atoms with Gasteiger partial charge in [0.1, 0.15) is 18.2 Å². The molecule has 0 N–H and O–H groups in total. The maximum absolute atomic E-state index is 12.9. The van der Waals surface area contributed by atoms with Crippen LogP contribution in [0.1, 0.15) is 29.6 Å². The summed E-state index contributed by atoms with van der Waals surface area (Å²) in [4.78, 5) is 13.1. The Morgan fingerprint density at radius 1 is 1.28 bits per heavy atom. The van der Waals surface area contributed by atoms with E-state index in [9.17, 15) is 9.18 Å². The van der Waals surface area contributed by atoms with Gasteiger partial charge in [0.15, 0.2) is 6.29 Å². The van der Waals surface area contributed by atoms with Gasteiger partial charge in [-0.25, -0.2) is 4.39 Å². The van der Waals surface area contributed by atoms with Crippen molar-refractivity contribution in [3.8, 4) is 5.75 Å². The SMILES string of the molecule is O=Cc1cc(F)ccc1OCCN1CCCCC1. The molecule has 2 rings (SSSR count). The second-order valence-electron chi connectivity index (χ2n) is 4.55. The fourth-order valence-corrected chi connectivity index (χ4v) is 2.21. The number of halogens is 1. The van der Waals surface area contributed by atoms with E-state index in [2.05, 4.69) is 4.90 Å². The van der Waals surface area contributed by atoms with Crippen molar-refractivity contribution in [3.05, 3.63) is 29.6 Å². The zero-order valence-corrected chi connectivity index (χ0v) is 10.4. The zero-order chi connectivity index (χ0) is 12.8. The molecule has 0 spiro atoms. The van der Waals surface area contributed by atoms with Gasteiger partial charge in [0, 0.05) is 6.54 Å². The standard InChI is InChI=1S/C14H18FNO2/c15-13-4-5-14(12(10-13)11-17)18-9-8-16-6-2-1-3-7-16/h4-5,10-11H,1-3,6-9H2. The molecule has 1 aliphatic rings. The van der Waals surface area contributed by atoms with Crippen LogP contribution in [-0.4, -0.2) is 37.4 Å². The summed E-state index contributed by atoms with van der Waals surface area (Å²) in [5.74, 6) is 0.0453. The molecule has 0 atom stereocenters. The fraction of sp³-hybridized carbons (Fsp3) is 0.500. The molecule has 3 nitrogen and oxygen atoms in total. The number of rotatable bonds is 5. The maximum Gasteiger partial charge on any atom is 0.153 e. The van der Waals surface area contributed by atoms with E-state index in [-0.39, 0.29) is 5.56 Å². The second-order valence-corrected chi connectivity index (χ2v) is 4.55. The lowest BCUT2D eigenvalue weighted by Crippen LogP contribution is -2.33. The summed E-state index contributed by atoms with van der Waals surface area (Å²) in [5.41, 5.74) is 0.272. The Bertz CT molecular complexity index is 403. The van der Waals surface area contributed by atoms with Crippen LogP contribution < -0.4 is 4.74 Å². The predicted octanol–water partition coefficient (Wildman–Crippen LogP) is 2.50. The molecule has 1 heterocycles. The average molecular weight is 251 g/mol. The van der Waals surface area contributed by atoms with E-state index in [0.29, 0.717) is 18.6 Å². The van der Waals surface area contributed by atoms with Gasteiger partial charge in [-0.3, -0.25) is 9.69 Å². The first kappa shape index (κ1) is 13.0. The first-order valence-electron chi connectivity index (χ1n) is 6.39. The third kappa shape index (κ3) is 3.53.